The fourth-order valence-electron chi connectivity index (χ4n) is 2.50. The summed E-state index contributed by atoms with van der Waals surface area (Å²) < 4.78 is 10.9. The quantitative estimate of drug-likeness (QED) is 0.272. The Kier molecular flexibility index (Phi) is 8.50. The number of halogens is 1. The van der Waals surface area contributed by atoms with E-state index in [1.165, 1.54) is 12.1 Å². The smallest absolute Gasteiger partial charge is 0.269 e. The molecule has 156 valence electrons. The Balaban J connectivity index is 1.86. The predicted octanol–water partition coefficient (Wildman–Crippen LogP) is 2.71. The van der Waals surface area contributed by atoms with Crippen LogP contribution in [-0.4, -0.2) is 37.1 Å². The first kappa shape index (κ1) is 22.3. The number of nitro benzene ring substituents is 1. The molecule has 0 saturated carbocycles. The second-order valence-electron chi connectivity index (χ2n) is 6.00. The number of nitro groups is 1. The second kappa shape index (κ2) is 11.1. The van der Waals surface area contributed by atoms with Crippen molar-refractivity contribution < 1.29 is 19.2 Å². The molecule has 4 N–H and O–H groups in total. The fraction of sp³-hybridized carbons (Fsp3) is 0.316. The number of benzene rings is 2. The lowest BCUT2D eigenvalue weighted by Crippen LogP contribution is -2.22. The van der Waals surface area contributed by atoms with Gasteiger partial charge in [0.15, 0.2) is 18.1 Å². The lowest BCUT2D eigenvalue weighted by atomic mass is 10.2. The number of ether oxygens (including phenoxy) is 2. The first-order chi connectivity index (χ1) is 13.9. The molecule has 0 fully saturated rings. The zero-order valence-electron chi connectivity index (χ0n) is 15.9. The zero-order valence-corrected chi connectivity index (χ0v) is 16.7. The summed E-state index contributed by atoms with van der Waals surface area (Å²) >= 11 is 6.26. The molecule has 0 atom stereocenters. The van der Waals surface area contributed by atoms with Crippen LogP contribution in [0.3, 0.4) is 0 Å². The average Bonchev–Trinajstić information content (AvgIpc) is 2.67. The minimum atomic E-state index is -0.602. The maximum Gasteiger partial charge on any atom is 0.269 e. The number of nitrogens with two attached hydrogens (primary N) is 1. The Labute approximate surface area is 173 Å². The molecule has 2 aromatic rings. The van der Waals surface area contributed by atoms with Crippen molar-refractivity contribution in [3.8, 4) is 11.5 Å². The van der Waals surface area contributed by atoms with Crippen LogP contribution in [0.15, 0.2) is 36.4 Å². The van der Waals surface area contributed by atoms with Crippen molar-refractivity contribution in [2.24, 2.45) is 5.73 Å². The summed E-state index contributed by atoms with van der Waals surface area (Å²) in [5.41, 5.74) is 6.85. The SMILES string of the molecule is CCOc1cc(CNCCNc2ccc([N+](=O)[O-])cc2)cc(Cl)c1OCC(N)=O. The van der Waals surface area contributed by atoms with Gasteiger partial charge in [0.1, 0.15) is 0 Å². The van der Waals surface area contributed by atoms with Crippen molar-refractivity contribution in [1.82, 2.24) is 5.32 Å². The standard InChI is InChI=1S/C19H23ClN4O5/c1-2-28-17-10-13(9-16(20)19(17)29-12-18(21)25)11-22-7-8-23-14-3-5-15(6-4-14)24(26)27/h3-6,9-10,22-23H,2,7-8,11-12H2,1H3,(H2,21,25). The topological polar surface area (TPSA) is 129 Å². The van der Waals surface area contributed by atoms with E-state index in [1.54, 1.807) is 24.3 Å². The summed E-state index contributed by atoms with van der Waals surface area (Å²) in [5, 5.41) is 17.4. The zero-order chi connectivity index (χ0) is 21.2. The van der Waals surface area contributed by atoms with Crippen molar-refractivity contribution >= 4 is 28.9 Å². The lowest BCUT2D eigenvalue weighted by molar-refractivity contribution is -0.384. The minimum absolute atomic E-state index is 0.0545. The highest BCUT2D eigenvalue weighted by atomic mass is 35.5. The van der Waals surface area contributed by atoms with Crippen LogP contribution >= 0.6 is 11.6 Å². The monoisotopic (exact) mass is 422 g/mol. The fourth-order valence-corrected chi connectivity index (χ4v) is 2.79. The highest BCUT2D eigenvalue weighted by molar-refractivity contribution is 6.32. The van der Waals surface area contributed by atoms with E-state index in [-0.39, 0.29) is 18.0 Å². The van der Waals surface area contributed by atoms with E-state index in [2.05, 4.69) is 10.6 Å². The van der Waals surface area contributed by atoms with Crippen LogP contribution in [0.2, 0.25) is 5.02 Å². The number of nitrogens with one attached hydrogen (secondary N) is 2. The number of non-ortho nitro benzene ring substituents is 1. The highest BCUT2D eigenvalue weighted by Gasteiger charge is 2.13. The number of carbonyl (C=O) groups excluding carboxylic acids is 1. The summed E-state index contributed by atoms with van der Waals surface area (Å²) in [6, 6.07) is 9.76. The molecule has 29 heavy (non-hydrogen) atoms. The van der Waals surface area contributed by atoms with Gasteiger partial charge in [-0.15, -0.1) is 0 Å². The number of hydrogen-bond acceptors (Lipinski definition) is 7. The Morgan fingerprint density at radius 1 is 1.21 bits per heavy atom. The van der Waals surface area contributed by atoms with Gasteiger partial charge in [0.05, 0.1) is 16.6 Å². The Morgan fingerprint density at radius 3 is 2.55 bits per heavy atom. The van der Waals surface area contributed by atoms with Gasteiger partial charge in [0.25, 0.3) is 11.6 Å². The number of nitrogens with zero attached hydrogens (tertiary/aromatic N) is 1. The molecule has 0 bridgehead atoms. The molecule has 0 aliphatic heterocycles. The second-order valence-corrected chi connectivity index (χ2v) is 6.41. The van der Waals surface area contributed by atoms with E-state index in [0.29, 0.717) is 37.0 Å². The molecular weight excluding hydrogens is 400 g/mol. The summed E-state index contributed by atoms with van der Waals surface area (Å²) in [4.78, 5) is 21.2. The van der Waals surface area contributed by atoms with Crippen molar-refractivity contribution in [1.29, 1.82) is 0 Å². The third kappa shape index (κ3) is 7.13. The van der Waals surface area contributed by atoms with Crippen molar-refractivity contribution in [3.63, 3.8) is 0 Å². The Morgan fingerprint density at radius 2 is 1.93 bits per heavy atom. The van der Waals surface area contributed by atoms with Gasteiger partial charge in [-0.2, -0.15) is 0 Å². The summed E-state index contributed by atoms with van der Waals surface area (Å²) in [6.07, 6.45) is 0. The van der Waals surface area contributed by atoms with E-state index < -0.39 is 10.8 Å². The minimum Gasteiger partial charge on any atom is -0.490 e. The highest BCUT2D eigenvalue weighted by Crippen LogP contribution is 2.36. The van der Waals surface area contributed by atoms with Crippen LogP contribution in [0, 0.1) is 10.1 Å². The van der Waals surface area contributed by atoms with Gasteiger partial charge >= 0.3 is 0 Å². The maximum absolute atomic E-state index is 10.9. The van der Waals surface area contributed by atoms with Gasteiger partial charge in [-0.1, -0.05) is 11.6 Å². The van der Waals surface area contributed by atoms with Gasteiger partial charge in [0, 0.05) is 37.5 Å². The summed E-state index contributed by atoms with van der Waals surface area (Å²) in [5.74, 6) is 0.132. The number of amides is 1. The molecule has 0 aliphatic carbocycles. The molecule has 0 unspecified atom stereocenters. The van der Waals surface area contributed by atoms with Gasteiger partial charge in [-0.3, -0.25) is 14.9 Å². The molecule has 1 amide bonds. The number of hydrogen-bond donors (Lipinski definition) is 3. The molecule has 0 saturated heterocycles. The summed E-state index contributed by atoms with van der Waals surface area (Å²) in [6.45, 7) is 3.78. The number of rotatable bonds is 12. The van der Waals surface area contributed by atoms with E-state index >= 15 is 0 Å². The van der Waals surface area contributed by atoms with E-state index in [4.69, 9.17) is 26.8 Å². The van der Waals surface area contributed by atoms with Gasteiger partial charge in [0.2, 0.25) is 0 Å². The van der Waals surface area contributed by atoms with Crippen LogP contribution in [0.1, 0.15) is 12.5 Å². The molecule has 2 aromatic carbocycles. The number of carbonyl (C=O) groups is 1. The summed E-state index contributed by atoms with van der Waals surface area (Å²) in [7, 11) is 0. The molecule has 0 aromatic heterocycles. The average molecular weight is 423 g/mol. The van der Waals surface area contributed by atoms with Crippen LogP contribution in [-0.2, 0) is 11.3 Å². The molecule has 0 spiro atoms. The normalized spacial score (nSPS) is 10.4. The molecule has 0 radical (unpaired) electrons. The molecule has 9 nitrogen and oxygen atoms in total. The van der Waals surface area contributed by atoms with Crippen molar-refractivity contribution in [2.45, 2.75) is 13.5 Å². The van der Waals surface area contributed by atoms with Gasteiger partial charge in [-0.05, 0) is 36.8 Å². The molecular formula is C19H23ClN4O5. The number of primary amides is 1. The number of anilines is 1. The van der Waals surface area contributed by atoms with E-state index in [0.717, 1.165) is 11.3 Å². The molecule has 0 heterocycles. The van der Waals surface area contributed by atoms with Crippen molar-refractivity contribution in [2.75, 3.05) is 31.6 Å². The van der Waals surface area contributed by atoms with Crippen LogP contribution in [0.4, 0.5) is 11.4 Å². The van der Waals surface area contributed by atoms with Crippen molar-refractivity contribution in [3.05, 3.63) is 57.1 Å². The van der Waals surface area contributed by atoms with Crippen LogP contribution in [0.25, 0.3) is 0 Å². The van der Waals surface area contributed by atoms with E-state index in [1.807, 2.05) is 6.92 Å². The van der Waals surface area contributed by atoms with E-state index in [9.17, 15) is 14.9 Å². The lowest BCUT2D eigenvalue weighted by Gasteiger charge is -2.15. The van der Waals surface area contributed by atoms with Gasteiger partial charge in [-0.25, -0.2) is 0 Å². The predicted molar refractivity (Wildman–Crippen MR) is 111 cm³/mol. The van der Waals surface area contributed by atoms with Crippen LogP contribution in [0.5, 0.6) is 11.5 Å². The molecule has 0 aliphatic rings. The molecule has 10 heteroatoms. The van der Waals surface area contributed by atoms with Gasteiger partial charge < -0.3 is 25.8 Å². The maximum atomic E-state index is 10.9. The first-order valence-corrected chi connectivity index (χ1v) is 9.34. The Hall–Kier alpha value is -3.04. The third-order valence-corrected chi connectivity index (χ3v) is 4.05. The Bertz CT molecular complexity index is 845. The molecule has 2 rings (SSSR count). The third-order valence-electron chi connectivity index (χ3n) is 3.77. The first-order valence-electron chi connectivity index (χ1n) is 8.96. The van der Waals surface area contributed by atoms with Crippen LogP contribution < -0.4 is 25.8 Å². The largest absolute Gasteiger partial charge is 0.490 e.